The number of piperazine rings is 1. The predicted octanol–water partition coefficient (Wildman–Crippen LogP) is 4.35. The largest absolute Gasteiger partial charge is 0.497 e. The standard InChI is InChI=1S/C33H40N2O9/c1-38-25-12-9-21(10-13-25)8-11-24-20-34(32(36)22-16-26(39-2)30(43-6)27(17-22)40-3)14-15-35(24)33(37)23-18-28(41-4)31(44-7)29(19-23)42-5/h9-10,12-13,16-19,24H,8,11,14-15,20H2,1-7H3. The molecule has 1 atom stereocenters. The Morgan fingerprint density at radius 2 is 1.11 bits per heavy atom. The van der Waals surface area contributed by atoms with Crippen LogP contribution in [0.15, 0.2) is 48.5 Å². The lowest BCUT2D eigenvalue weighted by atomic mass is 9.99. The molecular formula is C33H40N2O9. The van der Waals surface area contributed by atoms with Crippen LogP contribution < -0.4 is 33.2 Å². The number of amides is 2. The maximum Gasteiger partial charge on any atom is 0.254 e. The molecule has 0 N–H and O–H groups in total. The van der Waals surface area contributed by atoms with Crippen LogP contribution in [0.25, 0.3) is 0 Å². The lowest BCUT2D eigenvalue weighted by Gasteiger charge is -2.42. The monoisotopic (exact) mass is 608 g/mol. The van der Waals surface area contributed by atoms with E-state index in [1.165, 1.54) is 42.7 Å². The van der Waals surface area contributed by atoms with E-state index in [1.54, 1.807) is 36.3 Å². The minimum Gasteiger partial charge on any atom is -0.497 e. The van der Waals surface area contributed by atoms with E-state index in [4.69, 9.17) is 33.2 Å². The van der Waals surface area contributed by atoms with Crippen LogP contribution in [0.5, 0.6) is 40.2 Å². The van der Waals surface area contributed by atoms with Crippen LogP contribution in [-0.4, -0.2) is 97.1 Å². The third-order valence-corrected chi connectivity index (χ3v) is 7.78. The zero-order chi connectivity index (χ0) is 31.8. The van der Waals surface area contributed by atoms with Gasteiger partial charge in [-0.05, 0) is 54.8 Å². The van der Waals surface area contributed by atoms with Gasteiger partial charge in [0, 0.05) is 30.8 Å². The van der Waals surface area contributed by atoms with Crippen molar-refractivity contribution in [3.8, 4) is 40.2 Å². The molecule has 236 valence electrons. The van der Waals surface area contributed by atoms with Crippen molar-refractivity contribution in [2.75, 3.05) is 69.4 Å². The predicted molar refractivity (Wildman–Crippen MR) is 164 cm³/mol. The van der Waals surface area contributed by atoms with Gasteiger partial charge in [0.05, 0.1) is 55.8 Å². The number of methoxy groups -OCH3 is 7. The highest BCUT2D eigenvalue weighted by Gasteiger charge is 2.34. The second-order valence-corrected chi connectivity index (χ2v) is 10.1. The minimum atomic E-state index is -0.275. The molecule has 44 heavy (non-hydrogen) atoms. The molecule has 0 spiro atoms. The Morgan fingerprint density at radius 1 is 0.636 bits per heavy atom. The number of rotatable bonds is 12. The molecule has 4 rings (SSSR count). The highest BCUT2D eigenvalue weighted by molar-refractivity contribution is 5.97. The van der Waals surface area contributed by atoms with Crippen LogP contribution in [0.3, 0.4) is 0 Å². The molecule has 1 saturated heterocycles. The number of nitrogens with zero attached hydrogens (tertiary/aromatic N) is 2. The molecule has 1 aliphatic heterocycles. The first-order valence-electron chi connectivity index (χ1n) is 14.1. The highest BCUT2D eigenvalue weighted by Crippen LogP contribution is 2.40. The first-order chi connectivity index (χ1) is 21.3. The first-order valence-corrected chi connectivity index (χ1v) is 14.1. The fraction of sp³-hybridized carbons (Fsp3) is 0.394. The average molecular weight is 609 g/mol. The van der Waals surface area contributed by atoms with E-state index in [9.17, 15) is 9.59 Å². The Kier molecular flexibility index (Phi) is 10.6. The van der Waals surface area contributed by atoms with Crippen molar-refractivity contribution < 1.29 is 42.7 Å². The summed E-state index contributed by atoms with van der Waals surface area (Å²) in [5.41, 5.74) is 1.90. The molecule has 1 heterocycles. The third-order valence-electron chi connectivity index (χ3n) is 7.78. The maximum absolute atomic E-state index is 14.0. The molecule has 3 aromatic rings. The number of benzene rings is 3. The second-order valence-electron chi connectivity index (χ2n) is 10.1. The number of carbonyl (C=O) groups excluding carboxylic acids is 2. The summed E-state index contributed by atoms with van der Waals surface area (Å²) in [4.78, 5) is 31.4. The Bertz CT molecular complexity index is 1410. The van der Waals surface area contributed by atoms with Crippen molar-refractivity contribution in [2.45, 2.75) is 18.9 Å². The van der Waals surface area contributed by atoms with Gasteiger partial charge in [-0.1, -0.05) is 12.1 Å². The van der Waals surface area contributed by atoms with Crippen molar-refractivity contribution in [2.24, 2.45) is 0 Å². The Balaban J connectivity index is 1.64. The van der Waals surface area contributed by atoms with Gasteiger partial charge < -0.3 is 43.0 Å². The van der Waals surface area contributed by atoms with Crippen molar-refractivity contribution in [3.63, 3.8) is 0 Å². The molecule has 11 heteroatoms. The van der Waals surface area contributed by atoms with E-state index in [1.807, 2.05) is 29.2 Å². The smallest absolute Gasteiger partial charge is 0.254 e. The Hall–Kier alpha value is -4.80. The molecule has 0 bridgehead atoms. The summed E-state index contributed by atoms with van der Waals surface area (Å²) in [5, 5.41) is 0. The van der Waals surface area contributed by atoms with Gasteiger partial charge in [-0.15, -0.1) is 0 Å². The van der Waals surface area contributed by atoms with Gasteiger partial charge in [0.2, 0.25) is 11.5 Å². The van der Waals surface area contributed by atoms with E-state index in [0.717, 1.165) is 11.3 Å². The SMILES string of the molecule is COc1ccc(CCC2CN(C(=O)c3cc(OC)c(OC)c(OC)c3)CCN2C(=O)c2cc(OC)c(OC)c(OC)c2)cc1. The van der Waals surface area contributed by atoms with E-state index in [-0.39, 0.29) is 17.9 Å². The minimum absolute atomic E-state index is 0.191. The summed E-state index contributed by atoms with van der Waals surface area (Å²) in [5.74, 6) is 2.76. The zero-order valence-corrected chi connectivity index (χ0v) is 26.3. The summed E-state index contributed by atoms with van der Waals surface area (Å²) in [7, 11) is 10.7. The van der Waals surface area contributed by atoms with Gasteiger partial charge in [0.25, 0.3) is 11.8 Å². The van der Waals surface area contributed by atoms with Gasteiger partial charge in [-0.25, -0.2) is 0 Å². The van der Waals surface area contributed by atoms with Gasteiger partial charge in [-0.2, -0.15) is 0 Å². The number of hydrogen-bond acceptors (Lipinski definition) is 9. The van der Waals surface area contributed by atoms with E-state index in [2.05, 4.69) is 0 Å². The van der Waals surface area contributed by atoms with Crippen LogP contribution in [-0.2, 0) is 6.42 Å². The lowest BCUT2D eigenvalue weighted by Crippen LogP contribution is -2.56. The van der Waals surface area contributed by atoms with Gasteiger partial charge in [0.15, 0.2) is 23.0 Å². The van der Waals surface area contributed by atoms with E-state index < -0.39 is 0 Å². The average Bonchev–Trinajstić information content (AvgIpc) is 3.08. The van der Waals surface area contributed by atoms with Crippen LogP contribution in [0.4, 0.5) is 0 Å². The summed E-state index contributed by atoms with van der Waals surface area (Å²) in [6.45, 7) is 1.01. The lowest BCUT2D eigenvalue weighted by molar-refractivity contribution is 0.0372. The molecule has 1 aliphatic rings. The Morgan fingerprint density at radius 3 is 1.55 bits per heavy atom. The molecule has 11 nitrogen and oxygen atoms in total. The number of carbonyl (C=O) groups is 2. The normalized spacial score (nSPS) is 14.5. The molecule has 0 saturated carbocycles. The maximum atomic E-state index is 14.0. The van der Waals surface area contributed by atoms with Crippen molar-refractivity contribution in [3.05, 3.63) is 65.2 Å². The molecule has 1 fully saturated rings. The Labute approximate surface area is 258 Å². The fourth-order valence-corrected chi connectivity index (χ4v) is 5.44. The third kappa shape index (κ3) is 6.72. The van der Waals surface area contributed by atoms with Crippen LogP contribution in [0.1, 0.15) is 32.7 Å². The summed E-state index contributed by atoms with van der Waals surface area (Å²) in [6, 6.07) is 14.1. The molecule has 0 radical (unpaired) electrons. The van der Waals surface area contributed by atoms with Crippen molar-refractivity contribution >= 4 is 11.8 Å². The van der Waals surface area contributed by atoms with Crippen LogP contribution in [0.2, 0.25) is 0 Å². The van der Waals surface area contributed by atoms with Crippen LogP contribution in [0, 0.1) is 0 Å². The molecular weight excluding hydrogens is 568 g/mol. The number of hydrogen-bond donors (Lipinski definition) is 0. The molecule has 3 aromatic carbocycles. The quantitative estimate of drug-likeness (QED) is 0.297. The number of aryl methyl sites for hydroxylation is 1. The number of ether oxygens (including phenoxy) is 7. The zero-order valence-electron chi connectivity index (χ0n) is 26.3. The molecule has 0 aromatic heterocycles. The van der Waals surface area contributed by atoms with Gasteiger partial charge in [-0.3, -0.25) is 9.59 Å². The summed E-state index contributed by atoms with van der Waals surface area (Å²) < 4.78 is 38.1. The van der Waals surface area contributed by atoms with Crippen molar-refractivity contribution in [1.29, 1.82) is 0 Å². The van der Waals surface area contributed by atoms with Crippen LogP contribution >= 0.6 is 0 Å². The second kappa shape index (κ2) is 14.6. The summed E-state index contributed by atoms with van der Waals surface area (Å²) >= 11 is 0. The van der Waals surface area contributed by atoms with Gasteiger partial charge >= 0.3 is 0 Å². The topological polar surface area (TPSA) is 105 Å². The molecule has 1 unspecified atom stereocenters. The highest BCUT2D eigenvalue weighted by atomic mass is 16.5. The first kappa shape index (κ1) is 32.1. The summed E-state index contributed by atoms with van der Waals surface area (Å²) in [6.07, 6.45) is 1.32. The van der Waals surface area contributed by atoms with Gasteiger partial charge in [0.1, 0.15) is 5.75 Å². The fourth-order valence-electron chi connectivity index (χ4n) is 5.44. The van der Waals surface area contributed by atoms with E-state index in [0.29, 0.717) is 78.1 Å². The molecule has 0 aliphatic carbocycles. The van der Waals surface area contributed by atoms with Crippen molar-refractivity contribution in [1.82, 2.24) is 9.80 Å². The molecule has 2 amide bonds. The van der Waals surface area contributed by atoms with E-state index >= 15 is 0 Å².